The number of aromatic nitrogens is 4. The Hall–Kier alpha value is -2.48. The van der Waals surface area contributed by atoms with Crippen molar-refractivity contribution in [3.63, 3.8) is 0 Å². The number of thioether (sulfide) groups is 1. The van der Waals surface area contributed by atoms with Gasteiger partial charge in [-0.05, 0) is 43.3 Å². The Kier molecular flexibility index (Phi) is 4.24. The maximum absolute atomic E-state index is 13.1. The highest BCUT2D eigenvalue weighted by atomic mass is 32.2. The Labute approximate surface area is 135 Å². The Balaban J connectivity index is 1.97. The third-order valence-corrected chi connectivity index (χ3v) is 4.18. The van der Waals surface area contributed by atoms with Gasteiger partial charge in [-0.3, -0.25) is 4.79 Å². The van der Waals surface area contributed by atoms with Crippen molar-refractivity contribution in [2.45, 2.75) is 17.2 Å². The number of methoxy groups -OCH3 is 1. The largest absolute Gasteiger partial charge is 0.468 e. The molecule has 0 radical (unpaired) electrons. The van der Waals surface area contributed by atoms with Crippen LogP contribution in [0, 0.1) is 5.82 Å². The molecule has 0 unspecified atom stereocenters. The molecule has 0 bridgehead atoms. The average Bonchev–Trinajstić information content (AvgIpc) is 2.98. The zero-order chi connectivity index (χ0) is 16.4. The summed E-state index contributed by atoms with van der Waals surface area (Å²) in [5, 5.41) is 12.8. The number of ether oxygens (including phenoxy) is 1. The summed E-state index contributed by atoms with van der Waals surface area (Å²) in [6.07, 6.45) is 0. The maximum Gasteiger partial charge on any atom is 0.318 e. The normalized spacial score (nSPS) is 12.3. The third-order valence-electron chi connectivity index (χ3n) is 3.17. The van der Waals surface area contributed by atoms with Crippen LogP contribution in [0.4, 0.5) is 4.39 Å². The van der Waals surface area contributed by atoms with E-state index in [9.17, 15) is 9.18 Å². The second-order valence-electron chi connectivity index (χ2n) is 4.76. The van der Waals surface area contributed by atoms with Crippen LogP contribution in [-0.4, -0.2) is 38.1 Å². The molecule has 6 nitrogen and oxygen atoms in total. The molecule has 0 spiro atoms. The molecule has 8 heteroatoms. The van der Waals surface area contributed by atoms with E-state index >= 15 is 0 Å². The van der Waals surface area contributed by atoms with Gasteiger partial charge in [-0.1, -0.05) is 11.8 Å². The van der Waals surface area contributed by atoms with Gasteiger partial charge in [0, 0.05) is 5.56 Å². The smallest absolute Gasteiger partial charge is 0.318 e. The van der Waals surface area contributed by atoms with E-state index in [4.69, 9.17) is 4.74 Å². The molecule has 3 aromatic rings. The van der Waals surface area contributed by atoms with E-state index < -0.39 is 0 Å². The van der Waals surface area contributed by atoms with Gasteiger partial charge in [-0.15, -0.1) is 10.2 Å². The van der Waals surface area contributed by atoms with Crippen LogP contribution in [0.5, 0.6) is 0 Å². The number of carbonyl (C=O) groups is 1. The molecule has 0 N–H and O–H groups in total. The van der Waals surface area contributed by atoms with Gasteiger partial charge in [-0.25, -0.2) is 4.39 Å². The van der Waals surface area contributed by atoms with E-state index in [0.29, 0.717) is 22.1 Å². The Morgan fingerprint density at radius 1 is 1.22 bits per heavy atom. The lowest BCUT2D eigenvalue weighted by Gasteiger charge is -2.08. The Bertz CT molecular complexity index is 850. The van der Waals surface area contributed by atoms with Gasteiger partial charge in [0.2, 0.25) is 0 Å². The molecule has 2 heterocycles. The lowest BCUT2D eigenvalue weighted by atomic mass is 10.2. The van der Waals surface area contributed by atoms with E-state index in [2.05, 4.69) is 15.3 Å². The molecule has 0 fully saturated rings. The molecule has 3 rings (SSSR count). The number of halogens is 1. The second kappa shape index (κ2) is 6.33. The van der Waals surface area contributed by atoms with Gasteiger partial charge in [0.25, 0.3) is 0 Å². The van der Waals surface area contributed by atoms with Crippen molar-refractivity contribution in [3.05, 3.63) is 42.2 Å². The lowest BCUT2D eigenvalue weighted by Crippen LogP contribution is -2.15. The van der Waals surface area contributed by atoms with Crippen molar-refractivity contribution in [1.29, 1.82) is 0 Å². The Morgan fingerprint density at radius 3 is 2.65 bits per heavy atom. The molecule has 0 aliphatic rings. The lowest BCUT2D eigenvalue weighted by molar-refractivity contribution is -0.139. The minimum Gasteiger partial charge on any atom is -0.468 e. The number of esters is 1. The minimum absolute atomic E-state index is 0.320. The number of benzene rings is 1. The quantitative estimate of drug-likeness (QED) is 0.540. The Morgan fingerprint density at radius 2 is 1.96 bits per heavy atom. The van der Waals surface area contributed by atoms with Crippen molar-refractivity contribution in [2.24, 2.45) is 0 Å². The summed E-state index contributed by atoms with van der Waals surface area (Å²) >= 11 is 1.28. The number of hydrogen-bond donors (Lipinski definition) is 0. The van der Waals surface area contributed by atoms with Crippen LogP contribution in [0.1, 0.15) is 6.92 Å². The van der Waals surface area contributed by atoms with Crippen LogP contribution in [-0.2, 0) is 9.53 Å². The fourth-order valence-electron chi connectivity index (χ4n) is 2.01. The van der Waals surface area contributed by atoms with E-state index in [1.54, 1.807) is 35.7 Å². The van der Waals surface area contributed by atoms with Gasteiger partial charge < -0.3 is 4.74 Å². The van der Waals surface area contributed by atoms with Gasteiger partial charge in [0.05, 0.1) is 7.11 Å². The fourth-order valence-corrected chi connectivity index (χ4v) is 2.84. The number of hydrogen-bond acceptors (Lipinski definition) is 6. The van der Waals surface area contributed by atoms with Gasteiger partial charge >= 0.3 is 5.97 Å². The van der Waals surface area contributed by atoms with E-state index in [-0.39, 0.29) is 17.0 Å². The first-order chi connectivity index (χ1) is 11.1. The zero-order valence-electron chi connectivity index (χ0n) is 12.4. The molecular weight excluding hydrogens is 319 g/mol. The van der Waals surface area contributed by atoms with Crippen molar-refractivity contribution in [3.8, 4) is 11.4 Å². The summed E-state index contributed by atoms with van der Waals surface area (Å²) in [6.45, 7) is 1.75. The third kappa shape index (κ3) is 3.16. The molecule has 23 heavy (non-hydrogen) atoms. The topological polar surface area (TPSA) is 69.4 Å². The van der Waals surface area contributed by atoms with Crippen molar-refractivity contribution >= 4 is 23.4 Å². The van der Waals surface area contributed by atoms with Crippen molar-refractivity contribution in [2.75, 3.05) is 7.11 Å². The number of nitrogens with zero attached hydrogens (tertiary/aromatic N) is 4. The van der Waals surface area contributed by atoms with Gasteiger partial charge in [-0.2, -0.15) is 9.61 Å². The van der Waals surface area contributed by atoms with E-state index in [1.165, 1.54) is 31.0 Å². The average molecular weight is 332 g/mol. The summed E-state index contributed by atoms with van der Waals surface area (Å²) in [4.78, 5) is 11.5. The summed E-state index contributed by atoms with van der Waals surface area (Å²) in [5.41, 5.74) is 1.27. The highest BCUT2D eigenvalue weighted by Gasteiger charge is 2.17. The molecule has 0 amide bonds. The molecule has 0 saturated carbocycles. The first kappa shape index (κ1) is 15.4. The van der Waals surface area contributed by atoms with Gasteiger partial charge in [0.1, 0.15) is 16.1 Å². The summed E-state index contributed by atoms with van der Waals surface area (Å²) in [6, 6.07) is 9.47. The minimum atomic E-state index is -0.379. The van der Waals surface area contributed by atoms with E-state index in [1.807, 2.05) is 0 Å². The van der Waals surface area contributed by atoms with Crippen LogP contribution in [0.2, 0.25) is 0 Å². The van der Waals surface area contributed by atoms with Crippen molar-refractivity contribution < 1.29 is 13.9 Å². The van der Waals surface area contributed by atoms with Crippen LogP contribution >= 0.6 is 11.8 Å². The first-order valence-electron chi connectivity index (χ1n) is 6.81. The van der Waals surface area contributed by atoms with Crippen molar-refractivity contribution in [1.82, 2.24) is 19.8 Å². The molecule has 2 aromatic heterocycles. The zero-order valence-corrected chi connectivity index (χ0v) is 13.2. The van der Waals surface area contributed by atoms with Crippen LogP contribution in [0.3, 0.4) is 0 Å². The summed E-state index contributed by atoms with van der Waals surface area (Å²) < 4.78 is 19.3. The fraction of sp³-hybridized carbons (Fsp3) is 0.200. The number of fused-ring (bicyclic) bond motifs is 1. The summed E-state index contributed by atoms with van der Waals surface area (Å²) in [5.74, 6) is -0.133. The van der Waals surface area contributed by atoms with Gasteiger partial charge in [0.15, 0.2) is 11.5 Å². The molecule has 1 atom stereocenters. The molecule has 118 valence electrons. The SMILES string of the molecule is COC(=O)[C@H](C)Sc1ccc2nnc(-c3ccc(F)cc3)n2n1. The highest BCUT2D eigenvalue weighted by Crippen LogP contribution is 2.24. The van der Waals surface area contributed by atoms with Crippen LogP contribution < -0.4 is 0 Å². The molecule has 0 saturated heterocycles. The maximum atomic E-state index is 13.1. The molecule has 1 aromatic carbocycles. The second-order valence-corrected chi connectivity index (χ2v) is 6.12. The predicted molar refractivity (Wildman–Crippen MR) is 83.5 cm³/mol. The number of rotatable bonds is 4. The molecular formula is C15H13FN4O2S. The highest BCUT2D eigenvalue weighted by molar-refractivity contribution is 8.00. The van der Waals surface area contributed by atoms with Crippen LogP contribution in [0.25, 0.3) is 17.0 Å². The standard InChI is InChI=1S/C15H13FN4O2S/c1-9(15(21)22-2)23-13-8-7-12-17-18-14(20(12)19-13)10-3-5-11(16)6-4-10/h3-9H,1-2H3/t9-/m0/s1. The van der Waals surface area contributed by atoms with E-state index in [0.717, 1.165) is 0 Å². The monoisotopic (exact) mass is 332 g/mol. The predicted octanol–water partition coefficient (Wildman–Crippen LogP) is 2.58. The first-order valence-corrected chi connectivity index (χ1v) is 7.69. The number of carbonyl (C=O) groups excluding carboxylic acids is 1. The summed E-state index contributed by atoms with van der Waals surface area (Å²) in [7, 11) is 1.35. The molecule has 0 aliphatic heterocycles. The molecule has 0 aliphatic carbocycles. The van der Waals surface area contributed by atoms with Crippen LogP contribution in [0.15, 0.2) is 41.4 Å².